The molecule has 0 aliphatic carbocycles. The van der Waals surface area contributed by atoms with E-state index in [0.717, 1.165) is 0 Å². The minimum atomic E-state index is -0.520. The number of esters is 1. The van der Waals surface area contributed by atoms with E-state index in [1.54, 1.807) is 48.5 Å². The highest BCUT2D eigenvalue weighted by Crippen LogP contribution is 2.15. The number of para-hydroxylation sites is 1. The number of hydrogen-bond donors (Lipinski definition) is 1. The third kappa shape index (κ3) is 7.21. The van der Waals surface area contributed by atoms with Crippen molar-refractivity contribution >= 4 is 29.1 Å². The summed E-state index contributed by atoms with van der Waals surface area (Å²) in [6, 6.07) is 13.3. The predicted octanol–water partition coefficient (Wildman–Crippen LogP) is 3.43. The molecule has 0 aromatic heterocycles. The fourth-order valence-electron chi connectivity index (χ4n) is 2.50. The van der Waals surface area contributed by atoms with Crippen LogP contribution in [0.3, 0.4) is 0 Å². The summed E-state index contributed by atoms with van der Waals surface area (Å²) >= 11 is 0. The molecule has 7 heteroatoms. The van der Waals surface area contributed by atoms with Crippen molar-refractivity contribution in [1.82, 2.24) is 0 Å². The Morgan fingerprint density at radius 3 is 2.24 bits per heavy atom. The van der Waals surface area contributed by atoms with Crippen LogP contribution in [0.15, 0.2) is 48.5 Å². The number of benzene rings is 2. The summed E-state index contributed by atoms with van der Waals surface area (Å²) in [5, 5.41) is 2.56. The van der Waals surface area contributed by atoms with E-state index in [1.165, 1.54) is 13.8 Å². The van der Waals surface area contributed by atoms with Crippen molar-refractivity contribution in [1.29, 1.82) is 0 Å². The van der Waals surface area contributed by atoms with Gasteiger partial charge < -0.3 is 14.8 Å². The highest BCUT2D eigenvalue weighted by molar-refractivity contribution is 6.04. The second-order valence-corrected chi connectivity index (χ2v) is 6.34. The molecule has 0 aliphatic rings. The second-order valence-electron chi connectivity index (χ2n) is 6.34. The molecule has 0 unspecified atom stereocenters. The summed E-state index contributed by atoms with van der Waals surface area (Å²) in [5.74, 6) is -0.627. The number of rotatable bonds is 10. The number of nitrogens with one attached hydrogen (secondary N) is 1. The van der Waals surface area contributed by atoms with Crippen molar-refractivity contribution in [2.75, 3.05) is 18.5 Å². The van der Waals surface area contributed by atoms with Gasteiger partial charge in [0.25, 0.3) is 5.91 Å². The van der Waals surface area contributed by atoms with Gasteiger partial charge in [-0.15, -0.1) is 0 Å². The summed E-state index contributed by atoms with van der Waals surface area (Å²) in [6.07, 6.45) is 0.519. The maximum absolute atomic E-state index is 11.9. The van der Waals surface area contributed by atoms with E-state index in [1.807, 2.05) is 0 Å². The van der Waals surface area contributed by atoms with Gasteiger partial charge in [0, 0.05) is 17.5 Å². The molecule has 0 radical (unpaired) electrons. The number of carbonyl (C=O) groups is 4. The molecule has 29 heavy (non-hydrogen) atoms. The Labute approximate surface area is 169 Å². The van der Waals surface area contributed by atoms with Crippen LogP contribution in [0.4, 0.5) is 5.69 Å². The molecular weight excluding hydrogens is 374 g/mol. The Balaban J connectivity index is 1.67. The first-order valence-electron chi connectivity index (χ1n) is 9.16. The molecule has 0 heterocycles. The van der Waals surface area contributed by atoms with Crippen molar-refractivity contribution in [2.45, 2.75) is 26.7 Å². The van der Waals surface area contributed by atoms with Gasteiger partial charge in [-0.1, -0.05) is 12.1 Å². The van der Waals surface area contributed by atoms with E-state index in [-0.39, 0.29) is 18.0 Å². The van der Waals surface area contributed by atoms with E-state index in [4.69, 9.17) is 9.47 Å². The molecule has 2 aromatic rings. The lowest BCUT2D eigenvalue weighted by Crippen LogP contribution is -2.22. The van der Waals surface area contributed by atoms with Gasteiger partial charge in [0.15, 0.2) is 18.2 Å². The van der Waals surface area contributed by atoms with Gasteiger partial charge in [-0.05, 0) is 56.7 Å². The SMILES string of the molecule is CC(=O)c1ccc(OCCCC(=O)OCC(=O)Nc2ccccc2C(C)=O)cc1. The Morgan fingerprint density at radius 2 is 1.59 bits per heavy atom. The zero-order valence-electron chi connectivity index (χ0n) is 16.4. The number of amides is 1. The van der Waals surface area contributed by atoms with Crippen LogP contribution in [-0.4, -0.2) is 36.7 Å². The molecule has 7 nitrogen and oxygen atoms in total. The molecule has 0 bridgehead atoms. The van der Waals surface area contributed by atoms with Crippen LogP contribution in [0.1, 0.15) is 47.4 Å². The van der Waals surface area contributed by atoms with Gasteiger partial charge in [-0.3, -0.25) is 19.2 Å². The highest BCUT2D eigenvalue weighted by Gasteiger charge is 2.12. The standard InChI is InChI=1S/C22H23NO6/c1-15(24)17-9-11-18(12-10-17)28-13-5-8-22(27)29-14-21(26)23-20-7-4-3-6-19(20)16(2)25/h3-4,6-7,9-12H,5,8,13-14H2,1-2H3,(H,23,26). The number of carbonyl (C=O) groups excluding carboxylic acids is 4. The van der Waals surface area contributed by atoms with Gasteiger partial charge >= 0.3 is 5.97 Å². The Hall–Kier alpha value is -3.48. The van der Waals surface area contributed by atoms with Crippen molar-refractivity contribution < 1.29 is 28.7 Å². The fraction of sp³-hybridized carbons (Fsp3) is 0.273. The first-order valence-corrected chi connectivity index (χ1v) is 9.16. The van der Waals surface area contributed by atoms with Crippen LogP contribution in [0.2, 0.25) is 0 Å². The lowest BCUT2D eigenvalue weighted by Gasteiger charge is -2.10. The molecule has 1 amide bonds. The lowest BCUT2D eigenvalue weighted by atomic mass is 10.1. The summed E-state index contributed by atoms with van der Waals surface area (Å²) in [5.41, 5.74) is 1.37. The van der Waals surface area contributed by atoms with Crippen molar-refractivity contribution in [3.05, 3.63) is 59.7 Å². The van der Waals surface area contributed by atoms with Gasteiger partial charge in [0.05, 0.1) is 12.3 Å². The maximum atomic E-state index is 11.9. The zero-order valence-corrected chi connectivity index (χ0v) is 16.4. The molecule has 2 aromatic carbocycles. The Morgan fingerprint density at radius 1 is 0.897 bits per heavy atom. The largest absolute Gasteiger partial charge is 0.494 e. The highest BCUT2D eigenvalue weighted by atomic mass is 16.5. The van der Waals surface area contributed by atoms with Gasteiger partial charge in [-0.2, -0.15) is 0 Å². The van der Waals surface area contributed by atoms with Crippen LogP contribution < -0.4 is 10.1 Å². The average Bonchev–Trinajstić information content (AvgIpc) is 2.70. The van der Waals surface area contributed by atoms with E-state index in [9.17, 15) is 19.2 Å². The van der Waals surface area contributed by atoms with Crippen molar-refractivity contribution in [3.63, 3.8) is 0 Å². The van der Waals surface area contributed by atoms with Gasteiger partial charge in [0.1, 0.15) is 5.75 Å². The molecular formula is C22H23NO6. The minimum Gasteiger partial charge on any atom is -0.494 e. The molecule has 0 fully saturated rings. The average molecular weight is 397 g/mol. The predicted molar refractivity (Wildman–Crippen MR) is 107 cm³/mol. The normalized spacial score (nSPS) is 10.1. The third-order valence-corrected chi connectivity index (χ3v) is 4.00. The number of ketones is 2. The molecule has 0 atom stereocenters. The van der Waals surface area contributed by atoms with Gasteiger partial charge in [-0.25, -0.2) is 0 Å². The zero-order chi connectivity index (χ0) is 21.2. The lowest BCUT2D eigenvalue weighted by molar-refractivity contribution is -0.147. The summed E-state index contributed by atoms with van der Waals surface area (Å²) in [4.78, 5) is 46.5. The number of anilines is 1. The third-order valence-electron chi connectivity index (χ3n) is 4.00. The summed E-state index contributed by atoms with van der Waals surface area (Å²) in [7, 11) is 0. The topological polar surface area (TPSA) is 98.8 Å². The minimum absolute atomic E-state index is 0.0203. The summed E-state index contributed by atoms with van der Waals surface area (Å²) < 4.78 is 10.4. The van der Waals surface area contributed by atoms with E-state index in [0.29, 0.717) is 35.6 Å². The van der Waals surface area contributed by atoms with Crippen LogP contribution >= 0.6 is 0 Å². The van der Waals surface area contributed by atoms with Crippen LogP contribution in [0.25, 0.3) is 0 Å². The number of Topliss-reactive ketones (excluding diaryl/α,β-unsaturated/α-hetero) is 2. The molecule has 152 valence electrons. The molecule has 1 N–H and O–H groups in total. The van der Waals surface area contributed by atoms with E-state index in [2.05, 4.69) is 5.32 Å². The summed E-state index contributed by atoms with van der Waals surface area (Å²) in [6.45, 7) is 2.76. The molecule has 0 spiro atoms. The van der Waals surface area contributed by atoms with Crippen molar-refractivity contribution in [2.24, 2.45) is 0 Å². The maximum Gasteiger partial charge on any atom is 0.306 e. The molecule has 0 saturated carbocycles. The van der Waals surface area contributed by atoms with E-state index >= 15 is 0 Å². The quantitative estimate of drug-likeness (QED) is 0.375. The molecule has 0 aliphatic heterocycles. The monoisotopic (exact) mass is 397 g/mol. The molecule has 0 saturated heterocycles. The van der Waals surface area contributed by atoms with Gasteiger partial charge in [0.2, 0.25) is 0 Å². The molecule has 2 rings (SSSR count). The Kier molecular flexibility index (Phi) is 8.09. The Bertz CT molecular complexity index is 888. The number of ether oxygens (including phenoxy) is 2. The smallest absolute Gasteiger partial charge is 0.306 e. The van der Waals surface area contributed by atoms with Crippen LogP contribution in [0.5, 0.6) is 5.75 Å². The number of hydrogen-bond acceptors (Lipinski definition) is 6. The second kappa shape index (κ2) is 10.8. The van der Waals surface area contributed by atoms with E-state index < -0.39 is 18.5 Å². The first-order chi connectivity index (χ1) is 13.9. The van der Waals surface area contributed by atoms with Crippen LogP contribution in [0, 0.1) is 0 Å². The first kappa shape index (κ1) is 21.8. The van der Waals surface area contributed by atoms with Crippen LogP contribution in [-0.2, 0) is 14.3 Å². The fourth-order valence-corrected chi connectivity index (χ4v) is 2.50. The van der Waals surface area contributed by atoms with Crippen molar-refractivity contribution in [3.8, 4) is 5.75 Å².